The van der Waals surface area contributed by atoms with Crippen molar-refractivity contribution in [2.45, 2.75) is 24.6 Å². The van der Waals surface area contributed by atoms with Crippen LogP contribution >= 0.6 is 0 Å². The fourth-order valence-corrected chi connectivity index (χ4v) is 4.37. The first-order valence-electron chi connectivity index (χ1n) is 9.16. The summed E-state index contributed by atoms with van der Waals surface area (Å²) < 4.78 is 84.5. The highest BCUT2D eigenvalue weighted by Gasteiger charge is 2.50. The molecule has 1 aromatic carbocycles. The second-order valence-electron chi connectivity index (χ2n) is 8.04. The number of amides is 1. The van der Waals surface area contributed by atoms with E-state index in [9.17, 15) is 31.1 Å². The summed E-state index contributed by atoms with van der Waals surface area (Å²) in [6, 6.07) is 0.946. The molecule has 0 bridgehead atoms. The van der Waals surface area contributed by atoms with E-state index in [1.54, 1.807) is 0 Å². The predicted octanol–water partition coefficient (Wildman–Crippen LogP) is 4.11. The summed E-state index contributed by atoms with van der Waals surface area (Å²) in [5, 5.41) is 2.81. The number of halogens is 6. The Hall–Kier alpha value is -2.23. The molecule has 158 valence electrons. The zero-order valence-corrected chi connectivity index (χ0v) is 15.2. The molecule has 1 spiro atoms. The largest absolute Gasteiger partial charge is 0.447 e. The molecule has 10 heteroatoms. The number of nitrogens with zero attached hydrogens (tertiary/aromatic N) is 1. The lowest BCUT2D eigenvalue weighted by Crippen LogP contribution is -2.58. The minimum atomic E-state index is -5.05. The average molecular weight is 420 g/mol. The Morgan fingerprint density at radius 1 is 1.24 bits per heavy atom. The van der Waals surface area contributed by atoms with Gasteiger partial charge in [-0.3, -0.25) is 0 Å². The Labute approximate surface area is 162 Å². The first-order valence-corrected chi connectivity index (χ1v) is 9.16. The third-order valence-electron chi connectivity index (χ3n) is 5.73. The minimum Gasteiger partial charge on any atom is -0.447 e. The zero-order valence-electron chi connectivity index (χ0n) is 15.2. The predicted molar refractivity (Wildman–Crippen MR) is 90.3 cm³/mol. The molecular formula is C19H18F6N2O2. The summed E-state index contributed by atoms with van der Waals surface area (Å²) >= 11 is 0. The van der Waals surface area contributed by atoms with Crippen LogP contribution in [0, 0.1) is 23.5 Å². The van der Waals surface area contributed by atoms with E-state index in [0.29, 0.717) is 37.7 Å². The first kappa shape index (κ1) is 20.1. The van der Waals surface area contributed by atoms with E-state index in [-0.39, 0.29) is 11.5 Å². The van der Waals surface area contributed by atoms with Gasteiger partial charge in [-0.1, -0.05) is 0 Å². The van der Waals surface area contributed by atoms with Crippen LogP contribution in [0.2, 0.25) is 0 Å². The van der Waals surface area contributed by atoms with Crippen LogP contribution in [0.1, 0.15) is 24.0 Å². The molecule has 0 atom stereocenters. The molecule has 29 heavy (non-hydrogen) atoms. The number of nitrogens with one attached hydrogen (secondary N) is 1. The molecule has 1 aliphatic carbocycles. The van der Waals surface area contributed by atoms with E-state index in [0.717, 1.165) is 25.5 Å². The molecule has 0 unspecified atom stereocenters. The highest BCUT2D eigenvalue weighted by Crippen LogP contribution is 2.42. The molecule has 3 aliphatic rings. The van der Waals surface area contributed by atoms with Crippen molar-refractivity contribution in [3.63, 3.8) is 0 Å². The van der Waals surface area contributed by atoms with Gasteiger partial charge in [0.05, 0.1) is 11.1 Å². The normalized spacial score (nSPS) is 28.1. The fraction of sp³-hybridized carbons (Fsp3) is 0.526. The lowest BCUT2D eigenvalue weighted by Gasteiger charge is -2.48. The number of alkyl carbamates (subject to hydrolysis) is 1. The van der Waals surface area contributed by atoms with Crippen LogP contribution in [0.4, 0.5) is 31.1 Å². The number of carbonyl (C=O) groups is 1. The van der Waals surface area contributed by atoms with Crippen molar-refractivity contribution in [1.82, 2.24) is 10.2 Å². The molecular weight excluding hydrogens is 402 g/mol. The monoisotopic (exact) mass is 420 g/mol. The second kappa shape index (κ2) is 6.93. The van der Waals surface area contributed by atoms with Crippen LogP contribution in [0.25, 0.3) is 5.83 Å². The zero-order chi connectivity index (χ0) is 21.0. The van der Waals surface area contributed by atoms with Crippen LogP contribution < -0.4 is 5.32 Å². The van der Waals surface area contributed by atoms with Crippen molar-refractivity contribution in [3.05, 3.63) is 41.0 Å². The number of benzene rings is 1. The molecule has 4 rings (SSSR count). The number of carbonyl (C=O) groups excluding carboxylic acids is 1. The van der Waals surface area contributed by atoms with E-state index in [1.165, 1.54) is 0 Å². The van der Waals surface area contributed by atoms with Crippen LogP contribution in [0.3, 0.4) is 0 Å². The van der Waals surface area contributed by atoms with Crippen LogP contribution in [0.5, 0.6) is 0 Å². The van der Waals surface area contributed by atoms with Crippen LogP contribution in [-0.4, -0.2) is 42.8 Å². The fourth-order valence-electron chi connectivity index (χ4n) is 4.37. The van der Waals surface area contributed by atoms with Crippen molar-refractivity contribution in [3.8, 4) is 0 Å². The number of alkyl halides is 3. The van der Waals surface area contributed by atoms with E-state index in [2.05, 4.69) is 10.2 Å². The summed E-state index contributed by atoms with van der Waals surface area (Å²) in [5.41, 5.74) is -2.84. The van der Waals surface area contributed by atoms with Gasteiger partial charge in [0.1, 0.15) is 12.4 Å². The van der Waals surface area contributed by atoms with Gasteiger partial charge in [-0.05, 0) is 37.0 Å². The highest BCUT2D eigenvalue weighted by atomic mass is 19.4. The SMILES string of the molecule is O=C1NC2(CO1)CC(CN1CC(/C=C(\F)c3ccc(C(F)(F)F)c(F)c3F)C1)C2. The van der Waals surface area contributed by atoms with Gasteiger partial charge >= 0.3 is 12.3 Å². The Bertz CT molecular complexity index is 857. The Morgan fingerprint density at radius 2 is 1.93 bits per heavy atom. The molecule has 2 heterocycles. The highest BCUT2D eigenvalue weighted by molar-refractivity contribution is 5.71. The summed E-state index contributed by atoms with van der Waals surface area (Å²) in [6.45, 7) is 2.18. The molecule has 1 amide bonds. The average Bonchev–Trinajstić information content (AvgIpc) is 2.95. The molecule has 0 aromatic heterocycles. The molecule has 1 N–H and O–H groups in total. The van der Waals surface area contributed by atoms with Crippen molar-refractivity contribution in [2.75, 3.05) is 26.2 Å². The molecule has 1 saturated carbocycles. The summed E-state index contributed by atoms with van der Waals surface area (Å²) in [6.07, 6.45) is -2.72. The van der Waals surface area contributed by atoms with Crippen molar-refractivity contribution in [1.29, 1.82) is 0 Å². The van der Waals surface area contributed by atoms with Gasteiger partial charge in [-0.15, -0.1) is 0 Å². The Kier molecular flexibility index (Phi) is 4.79. The molecule has 1 aromatic rings. The van der Waals surface area contributed by atoms with E-state index >= 15 is 0 Å². The van der Waals surface area contributed by atoms with Gasteiger partial charge in [0.25, 0.3) is 0 Å². The third-order valence-corrected chi connectivity index (χ3v) is 5.73. The summed E-state index contributed by atoms with van der Waals surface area (Å²) in [7, 11) is 0. The number of hydrogen-bond donors (Lipinski definition) is 1. The molecule has 3 fully saturated rings. The summed E-state index contributed by atoms with van der Waals surface area (Å²) in [5.74, 6) is -4.87. The standard InChI is InChI=1S/C19H18F6N2O2/c20-14(12-1-2-13(19(23,24)25)16(22)15(12)21)3-10-6-27(7-10)8-11-4-18(5-11)9-29-17(28)26-18/h1-3,10-11H,4-9H2,(H,26,28)/b14-3-. The van der Waals surface area contributed by atoms with E-state index < -0.39 is 40.9 Å². The third kappa shape index (κ3) is 3.82. The summed E-state index contributed by atoms with van der Waals surface area (Å²) in [4.78, 5) is 13.2. The van der Waals surface area contributed by atoms with Gasteiger partial charge < -0.3 is 15.0 Å². The van der Waals surface area contributed by atoms with Crippen molar-refractivity contribution >= 4 is 11.9 Å². The van der Waals surface area contributed by atoms with Crippen molar-refractivity contribution in [2.24, 2.45) is 11.8 Å². The lowest BCUT2D eigenvalue weighted by atomic mass is 9.68. The van der Waals surface area contributed by atoms with Gasteiger partial charge in [-0.25, -0.2) is 18.0 Å². The molecule has 2 aliphatic heterocycles. The lowest BCUT2D eigenvalue weighted by molar-refractivity contribution is -0.140. The maximum atomic E-state index is 14.3. The minimum absolute atomic E-state index is 0.233. The molecule has 4 nitrogen and oxygen atoms in total. The van der Waals surface area contributed by atoms with E-state index in [1.807, 2.05) is 0 Å². The smallest absolute Gasteiger partial charge is 0.419 e. The number of cyclic esters (lactones) is 1. The Morgan fingerprint density at radius 3 is 2.52 bits per heavy atom. The van der Waals surface area contributed by atoms with Crippen LogP contribution in [0.15, 0.2) is 18.2 Å². The first-order chi connectivity index (χ1) is 13.6. The van der Waals surface area contributed by atoms with Gasteiger partial charge in [-0.2, -0.15) is 13.2 Å². The van der Waals surface area contributed by atoms with Crippen LogP contribution in [-0.2, 0) is 10.9 Å². The topological polar surface area (TPSA) is 41.6 Å². The van der Waals surface area contributed by atoms with Gasteiger partial charge in [0.2, 0.25) is 0 Å². The maximum Gasteiger partial charge on any atom is 0.419 e. The van der Waals surface area contributed by atoms with Crippen molar-refractivity contribution < 1.29 is 35.9 Å². The second-order valence-corrected chi connectivity index (χ2v) is 8.04. The number of likely N-dealkylation sites (tertiary alicyclic amines) is 1. The number of hydrogen-bond acceptors (Lipinski definition) is 3. The van der Waals surface area contributed by atoms with E-state index in [4.69, 9.17) is 4.74 Å². The van der Waals surface area contributed by atoms with Gasteiger partial charge in [0.15, 0.2) is 11.6 Å². The number of rotatable bonds is 4. The quantitative estimate of drug-likeness (QED) is 0.746. The Balaban J connectivity index is 1.30. The van der Waals surface area contributed by atoms with Gasteiger partial charge in [0, 0.05) is 31.1 Å². The maximum absolute atomic E-state index is 14.3. The molecule has 2 saturated heterocycles. The number of ether oxygens (including phenoxy) is 1. The molecule has 0 radical (unpaired) electrons.